The zero-order valence-corrected chi connectivity index (χ0v) is 16.4. The van der Waals surface area contributed by atoms with Gasteiger partial charge in [-0.2, -0.15) is 0 Å². The molecular weight excluding hydrogens is 361 g/mol. The largest absolute Gasteiger partial charge is 0.356 e. The quantitative estimate of drug-likeness (QED) is 0.806. The van der Waals surface area contributed by atoms with Crippen molar-refractivity contribution in [2.45, 2.75) is 57.5 Å². The molecule has 3 heterocycles. The zero-order valence-electron chi connectivity index (χ0n) is 14.7. The summed E-state index contributed by atoms with van der Waals surface area (Å²) >= 11 is 0. The number of nitrogens with zero attached hydrogens (tertiary/aromatic N) is 3. The summed E-state index contributed by atoms with van der Waals surface area (Å²) in [6, 6.07) is 2.75. The van der Waals surface area contributed by atoms with Crippen LogP contribution in [0.4, 0.5) is 5.82 Å². The fourth-order valence-corrected chi connectivity index (χ4v) is 3.45. The van der Waals surface area contributed by atoms with Crippen molar-refractivity contribution in [2.24, 2.45) is 0 Å². The number of nitrogens with one attached hydrogen (secondary N) is 2. The number of aryl methyl sites for hydroxylation is 1. The molecule has 3 rings (SSSR count). The molecule has 0 saturated carbocycles. The molecule has 25 heavy (non-hydrogen) atoms. The summed E-state index contributed by atoms with van der Waals surface area (Å²) in [6.07, 6.45) is 7.47. The standard InChI is InChI=1S/C17H27N5O.2ClH/c1-2-13-10-16(20-12-19-13)22-8-5-14(6-9-22)21-17(23)11-15-4-3-7-18-15;;/h10,12,14-15,18H,2-9,11H2,1H3,(H,21,23);2*1H. The van der Waals surface area contributed by atoms with E-state index >= 15 is 0 Å². The Morgan fingerprint density at radius 2 is 2.04 bits per heavy atom. The summed E-state index contributed by atoms with van der Waals surface area (Å²) in [7, 11) is 0. The number of halogens is 2. The van der Waals surface area contributed by atoms with Gasteiger partial charge in [-0.25, -0.2) is 9.97 Å². The molecular formula is C17H29Cl2N5O. The molecule has 1 aromatic heterocycles. The highest BCUT2D eigenvalue weighted by Gasteiger charge is 2.23. The lowest BCUT2D eigenvalue weighted by molar-refractivity contribution is -0.122. The molecule has 2 aliphatic heterocycles. The summed E-state index contributed by atoms with van der Waals surface area (Å²) in [5.41, 5.74) is 1.08. The van der Waals surface area contributed by atoms with Gasteiger partial charge in [0.15, 0.2) is 0 Å². The van der Waals surface area contributed by atoms with Crippen molar-refractivity contribution in [2.75, 3.05) is 24.5 Å². The molecule has 1 atom stereocenters. The number of amides is 1. The Bertz CT molecular complexity index is 532. The van der Waals surface area contributed by atoms with Crippen LogP contribution in [0.1, 0.15) is 44.7 Å². The molecule has 1 unspecified atom stereocenters. The van der Waals surface area contributed by atoms with Crippen molar-refractivity contribution in [3.8, 4) is 0 Å². The fourth-order valence-electron chi connectivity index (χ4n) is 3.45. The first-order chi connectivity index (χ1) is 11.2. The Hall–Kier alpha value is -1.11. The highest BCUT2D eigenvalue weighted by atomic mass is 35.5. The van der Waals surface area contributed by atoms with Crippen molar-refractivity contribution < 1.29 is 4.79 Å². The first kappa shape index (κ1) is 21.9. The van der Waals surface area contributed by atoms with E-state index in [9.17, 15) is 4.79 Å². The molecule has 0 aliphatic carbocycles. The average Bonchev–Trinajstić information content (AvgIpc) is 3.08. The lowest BCUT2D eigenvalue weighted by Crippen LogP contribution is -2.46. The Morgan fingerprint density at radius 1 is 1.28 bits per heavy atom. The number of piperidine rings is 1. The molecule has 0 aromatic carbocycles. The van der Waals surface area contributed by atoms with Gasteiger partial charge in [-0.05, 0) is 38.6 Å². The van der Waals surface area contributed by atoms with E-state index in [4.69, 9.17) is 0 Å². The predicted molar refractivity (Wildman–Crippen MR) is 105 cm³/mol. The SMILES string of the molecule is CCc1cc(N2CCC(NC(=O)CC3CCCN3)CC2)ncn1.Cl.Cl. The molecule has 6 nitrogen and oxygen atoms in total. The van der Waals surface area contributed by atoms with Crippen LogP contribution in [0, 0.1) is 0 Å². The van der Waals surface area contributed by atoms with E-state index in [0.29, 0.717) is 18.5 Å². The van der Waals surface area contributed by atoms with Gasteiger partial charge in [0.05, 0.1) is 0 Å². The Balaban J connectivity index is 0.00000156. The lowest BCUT2D eigenvalue weighted by atomic mass is 10.0. The third-order valence-corrected chi connectivity index (χ3v) is 4.85. The Kier molecular flexibility index (Phi) is 9.46. The molecule has 142 valence electrons. The predicted octanol–water partition coefficient (Wildman–Crippen LogP) is 2.11. The summed E-state index contributed by atoms with van der Waals surface area (Å²) in [5.74, 6) is 1.20. The van der Waals surface area contributed by atoms with Crippen LogP contribution in [-0.2, 0) is 11.2 Å². The number of hydrogen-bond donors (Lipinski definition) is 2. The van der Waals surface area contributed by atoms with Crippen LogP contribution in [0.3, 0.4) is 0 Å². The Morgan fingerprint density at radius 3 is 2.68 bits per heavy atom. The molecule has 1 aromatic rings. The molecule has 2 saturated heterocycles. The second kappa shape index (κ2) is 10.8. The van der Waals surface area contributed by atoms with Crippen LogP contribution in [0.25, 0.3) is 0 Å². The van der Waals surface area contributed by atoms with Gasteiger partial charge < -0.3 is 15.5 Å². The highest BCUT2D eigenvalue weighted by molar-refractivity contribution is 5.85. The number of aromatic nitrogens is 2. The molecule has 0 radical (unpaired) electrons. The summed E-state index contributed by atoms with van der Waals surface area (Å²) in [4.78, 5) is 23.1. The minimum Gasteiger partial charge on any atom is -0.356 e. The van der Waals surface area contributed by atoms with Gasteiger partial charge >= 0.3 is 0 Å². The average molecular weight is 390 g/mol. The van der Waals surface area contributed by atoms with Crippen LogP contribution >= 0.6 is 24.8 Å². The summed E-state index contributed by atoms with van der Waals surface area (Å²) in [5, 5.41) is 6.58. The second-order valence-corrected chi connectivity index (χ2v) is 6.55. The zero-order chi connectivity index (χ0) is 16.1. The summed E-state index contributed by atoms with van der Waals surface area (Å²) < 4.78 is 0. The monoisotopic (exact) mass is 389 g/mol. The first-order valence-corrected chi connectivity index (χ1v) is 8.83. The van der Waals surface area contributed by atoms with E-state index < -0.39 is 0 Å². The third-order valence-electron chi connectivity index (χ3n) is 4.85. The lowest BCUT2D eigenvalue weighted by Gasteiger charge is -2.33. The minimum absolute atomic E-state index is 0. The van der Waals surface area contributed by atoms with Crippen molar-refractivity contribution >= 4 is 36.5 Å². The van der Waals surface area contributed by atoms with E-state index in [1.807, 2.05) is 0 Å². The number of rotatable bonds is 5. The molecule has 0 spiro atoms. The smallest absolute Gasteiger partial charge is 0.221 e. The fraction of sp³-hybridized carbons (Fsp3) is 0.706. The van der Waals surface area contributed by atoms with E-state index in [1.165, 1.54) is 6.42 Å². The van der Waals surface area contributed by atoms with Crippen molar-refractivity contribution in [3.63, 3.8) is 0 Å². The molecule has 0 bridgehead atoms. The van der Waals surface area contributed by atoms with Crippen molar-refractivity contribution in [3.05, 3.63) is 18.1 Å². The molecule has 8 heteroatoms. The van der Waals surface area contributed by atoms with Gasteiger partial charge in [-0.3, -0.25) is 4.79 Å². The maximum Gasteiger partial charge on any atom is 0.221 e. The van der Waals surface area contributed by atoms with Gasteiger partial charge in [-0.15, -0.1) is 24.8 Å². The molecule has 2 N–H and O–H groups in total. The summed E-state index contributed by atoms with van der Waals surface area (Å²) in [6.45, 7) is 5.03. The van der Waals surface area contributed by atoms with E-state index in [1.54, 1.807) is 6.33 Å². The van der Waals surface area contributed by atoms with Gasteiger partial charge in [0.1, 0.15) is 12.1 Å². The highest BCUT2D eigenvalue weighted by Crippen LogP contribution is 2.18. The van der Waals surface area contributed by atoms with Gasteiger partial charge in [-0.1, -0.05) is 6.92 Å². The van der Waals surface area contributed by atoms with Gasteiger partial charge in [0.2, 0.25) is 5.91 Å². The van der Waals surface area contributed by atoms with E-state index in [0.717, 1.165) is 56.8 Å². The van der Waals surface area contributed by atoms with Gasteiger partial charge in [0.25, 0.3) is 0 Å². The first-order valence-electron chi connectivity index (χ1n) is 8.83. The van der Waals surface area contributed by atoms with Crippen LogP contribution in [0.5, 0.6) is 0 Å². The maximum absolute atomic E-state index is 12.1. The molecule has 1 amide bonds. The van der Waals surface area contributed by atoms with Crippen molar-refractivity contribution in [1.29, 1.82) is 0 Å². The van der Waals surface area contributed by atoms with Crippen LogP contribution in [0.15, 0.2) is 12.4 Å². The van der Waals surface area contributed by atoms with Crippen LogP contribution < -0.4 is 15.5 Å². The van der Waals surface area contributed by atoms with E-state index in [2.05, 4.69) is 38.5 Å². The minimum atomic E-state index is 0. The molecule has 2 aliphatic rings. The van der Waals surface area contributed by atoms with Crippen LogP contribution in [0.2, 0.25) is 0 Å². The number of anilines is 1. The van der Waals surface area contributed by atoms with Crippen molar-refractivity contribution in [1.82, 2.24) is 20.6 Å². The van der Waals surface area contributed by atoms with Crippen LogP contribution in [-0.4, -0.2) is 47.6 Å². The van der Waals surface area contributed by atoms with Gasteiger partial charge in [0, 0.05) is 43.4 Å². The molecule has 2 fully saturated rings. The number of hydrogen-bond acceptors (Lipinski definition) is 5. The second-order valence-electron chi connectivity index (χ2n) is 6.55. The maximum atomic E-state index is 12.1. The topological polar surface area (TPSA) is 70.2 Å². The number of carbonyl (C=O) groups is 1. The normalized spacial score (nSPS) is 20.5. The number of carbonyl (C=O) groups excluding carboxylic acids is 1. The van der Waals surface area contributed by atoms with E-state index in [-0.39, 0.29) is 30.7 Å². The Labute approximate surface area is 162 Å². The third kappa shape index (κ3) is 6.28.